The Hall–Kier alpha value is -1.48. The molecule has 0 N–H and O–H groups in total. The average Bonchev–Trinajstić information content (AvgIpc) is 2.67. The molecular formula is C12H10FNS. The van der Waals surface area contributed by atoms with Crippen LogP contribution in [0.5, 0.6) is 0 Å². The summed E-state index contributed by atoms with van der Waals surface area (Å²) in [7, 11) is 0. The van der Waals surface area contributed by atoms with Crippen molar-refractivity contribution >= 4 is 11.3 Å². The fourth-order valence-corrected chi connectivity index (χ4v) is 2.37. The first kappa shape index (κ1) is 10.1. The highest BCUT2D eigenvalue weighted by molar-refractivity contribution is 7.15. The number of thiophene rings is 1. The molecule has 2 heterocycles. The number of allylic oxidation sites excluding steroid dienone is 1. The maximum Gasteiger partial charge on any atom is 0.0980 e. The van der Waals surface area contributed by atoms with Gasteiger partial charge in [-0.15, -0.1) is 11.3 Å². The van der Waals surface area contributed by atoms with E-state index in [1.54, 1.807) is 23.7 Å². The van der Waals surface area contributed by atoms with E-state index in [9.17, 15) is 4.39 Å². The third kappa shape index (κ3) is 2.50. The topological polar surface area (TPSA) is 12.9 Å². The summed E-state index contributed by atoms with van der Waals surface area (Å²) in [6.07, 6.45) is 3.82. The van der Waals surface area contributed by atoms with Crippen molar-refractivity contribution < 1.29 is 4.39 Å². The zero-order valence-electron chi connectivity index (χ0n) is 8.11. The number of aromatic nitrogens is 1. The van der Waals surface area contributed by atoms with Gasteiger partial charge in [-0.05, 0) is 29.8 Å². The Morgan fingerprint density at radius 1 is 1.27 bits per heavy atom. The zero-order chi connectivity index (χ0) is 10.7. The molecule has 0 amide bonds. The predicted octanol–water partition coefficient (Wildman–Crippen LogP) is 3.84. The third-order valence-electron chi connectivity index (χ3n) is 1.99. The van der Waals surface area contributed by atoms with E-state index in [0.29, 0.717) is 6.42 Å². The molecule has 0 aliphatic carbocycles. The molecule has 2 aromatic heterocycles. The first-order valence-corrected chi connectivity index (χ1v) is 5.40. The summed E-state index contributed by atoms with van der Waals surface area (Å²) < 4.78 is 12.6. The van der Waals surface area contributed by atoms with Gasteiger partial charge in [-0.25, -0.2) is 4.39 Å². The van der Waals surface area contributed by atoms with Crippen LogP contribution in [-0.4, -0.2) is 4.98 Å². The molecule has 0 radical (unpaired) electrons. The second-order valence-electron chi connectivity index (χ2n) is 3.20. The first-order valence-electron chi connectivity index (χ1n) is 4.58. The Morgan fingerprint density at radius 3 is 2.67 bits per heavy atom. The van der Waals surface area contributed by atoms with Gasteiger partial charge in [0.2, 0.25) is 0 Å². The van der Waals surface area contributed by atoms with Gasteiger partial charge in [0.1, 0.15) is 0 Å². The fraction of sp³-hybridized carbons (Fsp3) is 0.0833. The van der Waals surface area contributed by atoms with Crippen molar-refractivity contribution in [3.63, 3.8) is 0 Å². The van der Waals surface area contributed by atoms with Gasteiger partial charge in [0.05, 0.1) is 5.83 Å². The van der Waals surface area contributed by atoms with Crippen LogP contribution >= 0.6 is 11.3 Å². The van der Waals surface area contributed by atoms with Crippen LogP contribution in [0.1, 0.15) is 4.88 Å². The number of rotatable bonds is 3. The van der Waals surface area contributed by atoms with Crippen LogP contribution in [-0.2, 0) is 6.42 Å². The molecule has 2 rings (SSSR count). The molecule has 0 unspecified atom stereocenters. The van der Waals surface area contributed by atoms with Crippen LogP contribution in [0.2, 0.25) is 0 Å². The van der Waals surface area contributed by atoms with Gasteiger partial charge >= 0.3 is 0 Å². The first-order chi connectivity index (χ1) is 7.25. The maximum absolute atomic E-state index is 12.6. The zero-order valence-corrected chi connectivity index (χ0v) is 8.93. The molecule has 0 saturated carbocycles. The Bertz CT molecular complexity index is 461. The lowest BCUT2D eigenvalue weighted by atomic mass is 10.2. The van der Waals surface area contributed by atoms with Crippen molar-refractivity contribution in [2.24, 2.45) is 0 Å². The molecule has 0 aliphatic heterocycles. The molecule has 2 aromatic rings. The lowest BCUT2D eigenvalue weighted by molar-refractivity contribution is 0.619. The van der Waals surface area contributed by atoms with Crippen LogP contribution < -0.4 is 0 Å². The van der Waals surface area contributed by atoms with E-state index in [0.717, 1.165) is 15.3 Å². The Kier molecular flexibility index (Phi) is 2.92. The van der Waals surface area contributed by atoms with Crippen molar-refractivity contribution in [2.75, 3.05) is 0 Å². The van der Waals surface area contributed by atoms with E-state index in [1.807, 2.05) is 24.3 Å². The van der Waals surface area contributed by atoms with Gasteiger partial charge in [-0.3, -0.25) is 4.98 Å². The predicted molar refractivity (Wildman–Crippen MR) is 61.5 cm³/mol. The highest BCUT2D eigenvalue weighted by atomic mass is 32.1. The Balaban J connectivity index is 2.24. The number of hydrogen-bond acceptors (Lipinski definition) is 2. The van der Waals surface area contributed by atoms with Crippen LogP contribution in [0.15, 0.2) is 49.1 Å². The summed E-state index contributed by atoms with van der Waals surface area (Å²) in [4.78, 5) is 6.08. The summed E-state index contributed by atoms with van der Waals surface area (Å²) >= 11 is 1.59. The standard InChI is InChI=1S/C12H10FNS/c1-9(13)8-11-2-3-12(15-11)10-4-6-14-7-5-10/h2-7H,1,8H2. The van der Waals surface area contributed by atoms with Crippen LogP contribution in [0.3, 0.4) is 0 Å². The molecule has 0 aromatic carbocycles. The SMILES string of the molecule is C=C(F)Cc1ccc(-c2ccncc2)s1. The number of pyridine rings is 1. The van der Waals surface area contributed by atoms with Crippen LogP contribution in [0, 0.1) is 0 Å². The molecule has 1 nitrogen and oxygen atoms in total. The Labute approximate surface area is 91.9 Å². The van der Waals surface area contributed by atoms with E-state index in [4.69, 9.17) is 0 Å². The van der Waals surface area contributed by atoms with E-state index in [-0.39, 0.29) is 5.83 Å². The monoisotopic (exact) mass is 219 g/mol. The smallest absolute Gasteiger partial charge is 0.0980 e. The third-order valence-corrected chi connectivity index (χ3v) is 3.13. The van der Waals surface area contributed by atoms with Crippen LogP contribution in [0.4, 0.5) is 4.39 Å². The van der Waals surface area contributed by atoms with Gasteiger partial charge in [-0.1, -0.05) is 6.58 Å². The van der Waals surface area contributed by atoms with Crippen molar-refractivity contribution in [3.05, 3.63) is 53.9 Å². The van der Waals surface area contributed by atoms with E-state index in [1.165, 1.54) is 0 Å². The quantitative estimate of drug-likeness (QED) is 0.764. The number of hydrogen-bond donors (Lipinski definition) is 0. The van der Waals surface area contributed by atoms with Gasteiger partial charge in [0, 0.05) is 28.6 Å². The molecule has 0 aliphatic rings. The van der Waals surface area contributed by atoms with Gasteiger partial charge in [-0.2, -0.15) is 0 Å². The number of nitrogens with zero attached hydrogens (tertiary/aromatic N) is 1. The van der Waals surface area contributed by atoms with Gasteiger partial charge in [0.25, 0.3) is 0 Å². The van der Waals surface area contributed by atoms with Gasteiger partial charge in [0.15, 0.2) is 0 Å². The summed E-state index contributed by atoms with van der Waals surface area (Å²) in [6.45, 7) is 3.26. The molecular weight excluding hydrogens is 209 g/mol. The van der Waals surface area contributed by atoms with E-state index >= 15 is 0 Å². The second-order valence-corrected chi connectivity index (χ2v) is 4.36. The minimum Gasteiger partial charge on any atom is -0.265 e. The summed E-state index contributed by atoms with van der Waals surface area (Å²) in [6, 6.07) is 7.82. The minimum atomic E-state index is -0.293. The van der Waals surface area contributed by atoms with E-state index in [2.05, 4.69) is 11.6 Å². The van der Waals surface area contributed by atoms with Crippen molar-refractivity contribution in [1.82, 2.24) is 4.98 Å². The average molecular weight is 219 g/mol. The summed E-state index contributed by atoms with van der Waals surface area (Å²) in [5.74, 6) is -0.293. The lowest BCUT2D eigenvalue weighted by Gasteiger charge is -1.94. The van der Waals surface area contributed by atoms with Crippen LogP contribution in [0.25, 0.3) is 10.4 Å². The summed E-state index contributed by atoms with van der Waals surface area (Å²) in [5, 5.41) is 0. The van der Waals surface area contributed by atoms with Gasteiger partial charge < -0.3 is 0 Å². The van der Waals surface area contributed by atoms with Crippen molar-refractivity contribution in [2.45, 2.75) is 6.42 Å². The molecule has 0 atom stereocenters. The normalized spacial score (nSPS) is 10.2. The largest absolute Gasteiger partial charge is 0.265 e. The summed E-state index contributed by atoms with van der Waals surface area (Å²) in [5.41, 5.74) is 1.12. The molecule has 0 spiro atoms. The fourth-order valence-electron chi connectivity index (χ4n) is 1.33. The second kappa shape index (κ2) is 4.36. The van der Waals surface area contributed by atoms with Crippen molar-refractivity contribution in [1.29, 1.82) is 0 Å². The highest BCUT2D eigenvalue weighted by Gasteiger charge is 2.03. The molecule has 76 valence electrons. The van der Waals surface area contributed by atoms with E-state index < -0.39 is 0 Å². The maximum atomic E-state index is 12.6. The number of halogens is 1. The molecule has 3 heteroatoms. The Morgan fingerprint density at radius 2 is 2.00 bits per heavy atom. The minimum absolute atomic E-state index is 0.293. The highest BCUT2D eigenvalue weighted by Crippen LogP contribution is 2.28. The molecule has 15 heavy (non-hydrogen) atoms. The van der Waals surface area contributed by atoms with Crippen molar-refractivity contribution in [3.8, 4) is 10.4 Å². The molecule has 0 saturated heterocycles. The lowest BCUT2D eigenvalue weighted by Crippen LogP contribution is -1.76. The molecule has 0 fully saturated rings. The molecule has 0 bridgehead atoms.